The normalized spacial score (nSPS) is 12.6. The van der Waals surface area contributed by atoms with Crippen LogP contribution < -0.4 is 5.73 Å². The molecule has 0 aliphatic heterocycles. The van der Waals surface area contributed by atoms with Crippen molar-refractivity contribution in [1.82, 2.24) is 9.97 Å². The van der Waals surface area contributed by atoms with E-state index in [0.29, 0.717) is 5.82 Å². The Morgan fingerprint density at radius 3 is 2.80 bits per heavy atom. The maximum Gasteiger partial charge on any atom is 0.253 e. The first-order valence-electron chi connectivity index (χ1n) is 4.11. The number of hydrogen-bond acceptors (Lipinski definition) is 5. The molecule has 1 aromatic rings. The monoisotopic (exact) mass is 206 g/mol. The zero-order valence-corrected chi connectivity index (χ0v) is 8.08. The summed E-state index contributed by atoms with van der Waals surface area (Å²) >= 11 is 0. The number of nitrogens with two attached hydrogens (primary N) is 1. The Hall–Kier alpha value is -2.24. The van der Waals surface area contributed by atoms with Gasteiger partial charge in [-0.05, 0) is 6.92 Å². The smallest absolute Gasteiger partial charge is 0.253 e. The van der Waals surface area contributed by atoms with Crippen LogP contribution in [0.15, 0.2) is 34.9 Å². The molecule has 0 atom stereocenters. The Morgan fingerprint density at radius 1 is 1.60 bits per heavy atom. The van der Waals surface area contributed by atoms with E-state index in [1.54, 1.807) is 0 Å². The third-order valence-corrected chi connectivity index (χ3v) is 1.53. The van der Waals surface area contributed by atoms with Gasteiger partial charge in [0, 0.05) is 18.6 Å². The molecule has 1 heterocycles. The van der Waals surface area contributed by atoms with E-state index in [1.165, 1.54) is 25.5 Å². The summed E-state index contributed by atoms with van der Waals surface area (Å²) in [7, 11) is 0. The van der Waals surface area contributed by atoms with Crippen LogP contribution in [0.2, 0.25) is 0 Å². The van der Waals surface area contributed by atoms with Crippen LogP contribution in [0.3, 0.4) is 0 Å². The molecule has 1 amide bonds. The minimum atomic E-state index is -0.748. The second-order valence-electron chi connectivity index (χ2n) is 2.69. The zero-order valence-electron chi connectivity index (χ0n) is 8.08. The molecule has 3 N–H and O–H groups in total. The van der Waals surface area contributed by atoms with Gasteiger partial charge >= 0.3 is 0 Å². The first-order valence-corrected chi connectivity index (χ1v) is 4.11. The van der Waals surface area contributed by atoms with Gasteiger partial charge in [-0.3, -0.25) is 9.78 Å². The summed E-state index contributed by atoms with van der Waals surface area (Å²) in [5, 5.41) is 9.11. The number of amides is 1. The molecule has 78 valence electrons. The fourth-order valence-electron chi connectivity index (χ4n) is 0.824. The Morgan fingerprint density at radius 2 is 2.33 bits per heavy atom. The van der Waals surface area contributed by atoms with E-state index in [4.69, 9.17) is 10.8 Å². The van der Waals surface area contributed by atoms with Crippen LogP contribution in [0.4, 0.5) is 5.82 Å². The van der Waals surface area contributed by atoms with Gasteiger partial charge < -0.3 is 10.8 Å². The van der Waals surface area contributed by atoms with Crippen molar-refractivity contribution in [3.8, 4) is 0 Å². The predicted molar refractivity (Wildman–Crippen MR) is 54.7 cm³/mol. The van der Waals surface area contributed by atoms with Crippen molar-refractivity contribution in [2.75, 3.05) is 0 Å². The molecule has 1 aromatic heterocycles. The highest BCUT2D eigenvalue weighted by Gasteiger charge is 2.05. The van der Waals surface area contributed by atoms with Gasteiger partial charge in [0.05, 0.1) is 11.8 Å². The van der Waals surface area contributed by atoms with E-state index in [-0.39, 0.29) is 11.3 Å². The molecule has 15 heavy (non-hydrogen) atoms. The highest BCUT2D eigenvalue weighted by Crippen LogP contribution is 2.04. The van der Waals surface area contributed by atoms with Gasteiger partial charge in [-0.15, -0.1) is 0 Å². The number of aliphatic imine (C=N–C) groups is 1. The number of hydrogen-bond donors (Lipinski definition) is 2. The highest BCUT2D eigenvalue weighted by atomic mass is 16.3. The van der Waals surface area contributed by atoms with Crippen molar-refractivity contribution in [1.29, 1.82) is 0 Å². The second-order valence-corrected chi connectivity index (χ2v) is 2.69. The third-order valence-electron chi connectivity index (χ3n) is 1.53. The quantitative estimate of drug-likeness (QED) is 0.427. The van der Waals surface area contributed by atoms with Crippen molar-refractivity contribution in [3.63, 3.8) is 0 Å². The maximum absolute atomic E-state index is 10.8. The average molecular weight is 206 g/mol. The molecule has 0 aromatic carbocycles. The molecule has 0 aliphatic rings. The van der Waals surface area contributed by atoms with E-state index in [9.17, 15) is 4.79 Å². The van der Waals surface area contributed by atoms with Gasteiger partial charge in [-0.2, -0.15) is 0 Å². The topological polar surface area (TPSA) is 101 Å². The molecule has 0 radical (unpaired) electrons. The number of aliphatic hydroxyl groups is 1. The fourth-order valence-corrected chi connectivity index (χ4v) is 0.824. The van der Waals surface area contributed by atoms with E-state index in [2.05, 4.69) is 15.0 Å². The largest absolute Gasteiger partial charge is 0.512 e. The summed E-state index contributed by atoms with van der Waals surface area (Å²) in [5.74, 6) is -0.602. The molecule has 0 saturated heterocycles. The molecule has 6 heteroatoms. The zero-order chi connectivity index (χ0) is 11.3. The molecule has 0 aliphatic carbocycles. The molecule has 0 saturated carbocycles. The van der Waals surface area contributed by atoms with E-state index in [1.807, 2.05) is 0 Å². The third kappa shape index (κ3) is 3.18. The summed E-state index contributed by atoms with van der Waals surface area (Å²) in [5.41, 5.74) is 4.96. The van der Waals surface area contributed by atoms with Gasteiger partial charge in [-0.1, -0.05) is 0 Å². The van der Waals surface area contributed by atoms with Crippen LogP contribution >= 0.6 is 0 Å². The average Bonchev–Trinajstić information content (AvgIpc) is 2.18. The molecular weight excluding hydrogens is 196 g/mol. The lowest BCUT2D eigenvalue weighted by atomic mass is 10.2. The Labute approximate surface area is 86.2 Å². The number of allylic oxidation sites excluding steroid dienone is 1. The Bertz CT molecular complexity index is 407. The van der Waals surface area contributed by atoms with E-state index in [0.717, 1.165) is 6.21 Å². The van der Waals surface area contributed by atoms with Crippen LogP contribution in [-0.4, -0.2) is 27.2 Å². The lowest BCUT2D eigenvalue weighted by molar-refractivity contribution is -0.114. The van der Waals surface area contributed by atoms with Gasteiger partial charge in [-0.25, -0.2) is 9.98 Å². The standard InChI is InChI=1S/C9H10N4O2/c1-6(14)7(9(10)15)4-13-8-5-11-2-3-12-8/h2-5,14H,1H3,(H2,10,15)/b7-6-,13-4?. The van der Waals surface area contributed by atoms with Crippen LogP contribution in [0.25, 0.3) is 0 Å². The number of aliphatic hydroxyl groups excluding tert-OH is 1. The van der Waals surface area contributed by atoms with Crippen LogP contribution in [0, 0.1) is 0 Å². The van der Waals surface area contributed by atoms with Gasteiger partial charge in [0.2, 0.25) is 0 Å². The SMILES string of the molecule is C/C(O)=C(\C=Nc1cnccn1)C(N)=O. The summed E-state index contributed by atoms with van der Waals surface area (Å²) < 4.78 is 0. The summed E-state index contributed by atoms with van der Waals surface area (Å²) in [4.78, 5) is 22.3. The van der Waals surface area contributed by atoms with Crippen molar-refractivity contribution >= 4 is 17.9 Å². The van der Waals surface area contributed by atoms with Crippen molar-refractivity contribution in [3.05, 3.63) is 29.9 Å². The number of rotatable bonds is 3. The van der Waals surface area contributed by atoms with Gasteiger partial charge in [0.1, 0.15) is 5.76 Å². The maximum atomic E-state index is 10.8. The lowest BCUT2D eigenvalue weighted by Crippen LogP contribution is -2.16. The van der Waals surface area contributed by atoms with Crippen molar-refractivity contribution < 1.29 is 9.90 Å². The number of nitrogens with zero attached hydrogens (tertiary/aromatic N) is 3. The number of carbonyl (C=O) groups excluding carboxylic acids is 1. The summed E-state index contributed by atoms with van der Waals surface area (Å²) in [6, 6.07) is 0. The minimum Gasteiger partial charge on any atom is -0.512 e. The molecule has 0 spiro atoms. The number of aromatic nitrogens is 2. The van der Waals surface area contributed by atoms with Gasteiger partial charge in [0.25, 0.3) is 5.91 Å². The predicted octanol–water partition coefficient (Wildman–Crippen LogP) is 0.496. The molecule has 0 fully saturated rings. The first kappa shape index (κ1) is 10.8. The van der Waals surface area contributed by atoms with Crippen LogP contribution in [-0.2, 0) is 4.79 Å². The number of carbonyl (C=O) groups is 1. The molecule has 0 unspecified atom stereocenters. The Kier molecular flexibility index (Phi) is 3.50. The second kappa shape index (κ2) is 4.85. The fraction of sp³-hybridized carbons (Fsp3) is 0.111. The minimum absolute atomic E-state index is 0.0550. The van der Waals surface area contributed by atoms with Crippen molar-refractivity contribution in [2.45, 2.75) is 6.92 Å². The lowest BCUT2D eigenvalue weighted by Gasteiger charge is -1.96. The summed E-state index contributed by atoms with van der Waals surface area (Å²) in [6.45, 7) is 1.35. The van der Waals surface area contributed by atoms with E-state index < -0.39 is 5.91 Å². The highest BCUT2D eigenvalue weighted by molar-refractivity contribution is 6.12. The molecule has 6 nitrogen and oxygen atoms in total. The molecular formula is C9H10N4O2. The Balaban J connectivity index is 2.90. The van der Waals surface area contributed by atoms with Gasteiger partial charge in [0.15, 0.2) is 5.82 Å². The van der Waals surface area contributed by atoms with E-state index >= 15 is 0 Å². The van der Waals surface area contributed by atoms with Crippen LogP contribution in [0.1, 0.15) is 6.92 Å². The van der Waals surface area contributed by atoms with Crippen LogP contribution in [0.5, 0.6) is 0 Å². The number of primary amides is 1. The first-order chi connectivity index (χ1) is 7.11. The summed E-state index contributed by atoms with van der Waals surface area (Å²) in [6.07, 6.45) is 5.54. The molecule has 1 rings (SSSR count). The van der Waals surface area contributed by atoms with Crippen molar-refractivity contribution in [2.24, 2.45) is 10.7 Å². The molecule has 0 bridgehead atoms.